The molecule has 1 unspecified atom stereocenters. The Labute approximate surface area is 404 Å². The van der Waals surface area contributed by atoms with Crippen molar-refractivity contribution in [3.63, 3.8) is 0 Å². The molecule has 0 amide bonds. The number of hydrogen-bond donors (Lipinski definition) is 0. The minimum absolute atomic E-state index is 0.574. The van der Waals surface area contributed by atoms with Gasteiger partial charge in [0.2, 0.25) is 0 Å². The molecule has 14 rings (SSSR count). The van der Waals surface area contributed by atoms with Gasteiger partial charge in [0, 0.05) is 16.8 Å². The summed E-state index contributed by atoms with van der Waals surface area (Å²) in [4.78, 5) is 2.61. The standard InChI is InChI=1S/C68H47N/c1-2-45-40-41-47-24-20-33-56-53-31-13-18-37-60(53)68(65(45)64(47)56)59-36-17-12-30-52(59)55-43-42-50(44-61(55)68)69(62-38-19-15-29-51(62)46-22-6-3-7-23-46)63-39-21-34-57-54-32-14-16-35-58(54)67(66(57)63,48-25-8-4-9-26-48)49-27-10-5-11-28-49/h3-44H,2H2,1H3. The van der Waals surface area contributed by atoms with Crippen LogP contribution in [0.5, 0.6) is 0 Å². The predicted octanol–water partition coefficient (Wildman–Crippen LogP) is 17.2. The van der Waals surface area contributed by atoms with Crippen molar-refractivity contribution in [3.05, 3.63) is 305 Å². The van der Waals surface area contributed by atoms with Gasteiger partial charge < -0.3 is 4.90 Å². The SMILES string of the molecule is CCc1ccc2cccc3c2c1C1(c2ccccc2-c2ccc(N(c4ccccc4-c4ccccc4)c4cccc5c4C(c4ccccc4)(c4ccccc4)c4ccccc4-5)cc21)c1ccccc1-3. The average Bonchev–Trinajstić information content (AvgIpc) is 3.89. The van der Waals surface area contributed by atoms with E-state index in [9.17, 15) is 0 Å². The number of hydrogen-bond acceptors (Lipinski definition) is 1. The third-order valence-electron chi connectivity index (χ3n) is 15.7. The van der Waals surface area contributed by atoms with E-state index in [0.29, 0.717) is 0 Å². The largest absolute Gasteiger partial charge is 0.310 e. The van der Waals surface area contributed by atoms with Gasteiger partial charge in [-0.2, -0.15) is 0 Å². The highest BCUT2D eigenvalue weighted by molar-refractivity contribution is 6.08. The maximum Gasteiger partial charge on any atom is 0.0734 e. The molecule has 0 saturated heterocycles. The van der Waals surface area contributed by atoms with Crippen molar-refractivity contribution in [3.8, 4) is 44.5 Å². The quantitative estimate of drug-likeness (QED) is 0.154. The predicted molar refractivity (Wildman–Crippen MR) is 287 cm³/mol. The van der Waals surface area contributed by atoms with Gasteiger partial charge in [0.05, 0.1) is 22.2 Å². The first kappa shape index (κ1) is 39.6. The molecule has 0 aromatic heterocycles. The zero-order chi connectivity index (χ0) is 45.7. The minimum atomic E-state index is -0.628. The Morgan fingerprint density at radius 1 is 0.333 bits per heavy atom. The maximum atomic E-state index is 2.61. The van der Waals surface area contributed by atoms with Crippen LogP contribution in [-0.4, -0.2) is 0 Å². The van der Waals surface area contributed by atoms with Crippen LogP contribution in [0.15, 0.2) is 255 Å². The lowest BCUT2D eigenvalue weighted by Gasteiger charge is -2.42. The minimum Gasteiger partial charge on any atom is -0.310 e. The fourth-order valence-corrected chi connectivity index (χ4v) is 13.1. The summed E-state index contributed by atoms with van der Waals surface area (Å²) in [5.41, 5.74) is 24.1. The van der Waals surface area contributed by atoms with Crippen LogP contribution in [0.4, 0.5) is 17.1 Å². The lowest BCUT2D eigenvalue weighted by Crippen LogP contribution is -2.33. The first-order valence-corrected chi connectivity index (χ1v) is 24.4. The van der Waals surface area contributed by atoms with E-state index < -0.39 is 10.8 Å². The highest BCUT2D eigenvalue weighted by Gasteiger charge is 2.52. The van der Waals surface area contributed by atoms with Gasteiger partial charge in [-0.05, 0) is 125 Å². The highest BCUT2D eigenvalue weighted by Crippen LogP contribution is 2.65. The van der Waals surface area contributed by atoms with Crippen molar-refractivity contribution in [2.75, 3.05) is 4.90 Å². The Morgan fingerprint density at radius 3 is 1.49 bits per heavy atom. The topological polar surface area (TPSA) is 3.24 Å². The van der Waals surface area contributed by atoms with Crippen LogP contribution in [0.25, 0.3) is 55.3 Å². The van der Waals surface area contributed by atoms with Crippen molar-refractivity contribution < 1.29 is 0 Å². The van der Waals surface area contributed by atoms with Crippen LogP contribution < -0.4 is 4.90 Å². The number of anilines is 3. The van der Waals surface area contributed by atoms with Crippen molar-refractivity contribution in [2.45, 2.75) is 24.2 Å². The number of aryl methyl sites for hydroxylation is 1. The van der Waals surface area contributed by atoms with Gasteiger partial charge in [-0.1, -0.05) is 237 Å². The van der Waals surface area contributed by atoms with E-state index in [1.807, 2.05) is 0 Å². The summed E-state index contributed by atoms with van der Waals surface area (Å²) in [6.07, 6.45) is 0.926. The van der Waals surface area contributed by atoms with E-state index in [-0.39, 0.29) is 0 Å². The van der Waals surface area contributed by atoms with Crippen LogP contribution in [-0.2, 0) is 17.3 Å². The van der Waals surface area contributed by atoms with Crippen LogP contribution in [0.1, 0.15) is 57.0 Å². The molecule has 0 bridgehead atoms. The van der Waals surface area contributed by atoms with E-state index in [2.05, 4.69) is 267 Å². The molecule has 0 aliphatic heterocycles. The van der Waals surface area contributed by atoms with Gasteiger partial charge in [0.25, 0.3) is 0 Å². The molecule has 0 heterocycles. The van der Waals surface area contributed by atoms with Gasteiger partial charge in [-0.25, -0.2) is 0 Å². The monoisotopic (exact) mass is 877 g/mol. The highest BCUT2D eigenvalue weighted by atomic mass is 15.1. The van der Waals surface area contributed by atoms with E-state index in [4.69, 9.17) is 0 Å². The normalized spacial score (nSPS) is 15.3. The van der Waals surface area contributed by atoms with E-state index in [0.717, 1.165) is 23.5 Å². The summed E-state index contributed by atoms with van der Waals surface area (Å²) in [6, 6.07) is 96.0. The molecule has 1 heteroatoms. The van der Waals surface area contributed by atoms with Gasteiger partial charge in [0.1, 0.15) is 0 Å². The van der Waals surface area contributed by atoms with Gasteiger partial charge in [-0.3, -0.25) is 0 Å². The first-order chi connectivity index (χ1) is 34.2. The summed E-state index contributed by atoms with van der Waals surface area (Å²) in [5, 5.41) is 2.65. The fraction of sp³-hybridized carbons (Fsp3) is 0.0588. The second-order valence-electron chi connectivity index (χ2n) is 18.9. The number of para-hydroxylation sites is 1. The summed E-state index contributed by atoms with van der Waals surface area (Å²) >= 11 is 0. The summed E-state index contributed by atoms with van der Waals surface area (Å²) in [7, 11) is 0. The molecule has 0 N–H and O–H groups in total. The second-order valence-corrected chi connectivity index (χ2v) is 18.9. The summed E-state index contributed by atoms with van der Waals surface area (Å²) < 4.78 is 0. The number of nitrogens with zero attached hydrogens (tertiary/aromatic N) is 1. The van der Waals surface area contributed by atoms with Gasteiger partial charge in [-0.15, -0.1) is 0 Å². The third-order valence-corrected chi connectivity index (χ3v) is 15.7. The molecule has 69 heavy (non-hydrogen) atoms. The number of rotatable bonds is 7. The first-order valence-electron chi connectivity index (χ1n) is 24.4. The Morgan fingerprint density at radius 2 is 0.826 bits per heavy atom. The molecule has 0 fully saturated rings. The number of benzene rings is 11. The van der Waals surface area contributed by atoms with Crippen LogP contribution in [0.2, 0.25) is 0 Å². The average molecular weight is 878 g/mol. The third kappa shape index (κ3) is 5.36. The fourth-order valence-electron chi connectivity index (χ4n) is 13.1. The van der Waals surface area contributed by atoms with E-state index in [1.165, 1.54) is 105 Å². The zero-order valence-corrected chi connectivity index (χ0v) is 38.4. The summed E-state index contributed by atoms with van der Waals surface area (Å²) in [5.74, 6) is 0. The van der Waals surface area contributed by atoms with Crippen LogP contribution in [0.3, 0.4) is 0 Å². The summed E-state index contributed by atoms with van der Waals surface area (Å²) in [6.45, 7) is 2.33. The lowest BCUT2D eigenvalue weighted by atomic mass is 9.60. The molecular formula is C68H47N. The molecule has 0 saturated carbocycles. The molecule has 1 atom stereocenters. The zero-order valence-electron chi connectivity index (χ0n) is 38.4. The van der Waals surface area contributed by atoms with Crippen LogP contribution in [0, 0.1) is 0 Å². The Balaban J connectivity index is 1.13. The molecule has 324 valence electrons. The molecule has 11 aromatic carbocycles. The van der Waals surface area contributed by atoms with E-state index >= 15 is 0 Å². The molecule has 1 spiro atoms. The van der Waals surface area contributed by atoms with Crippen molar-refractivity contribution in [1.29, 1.82) is 0 Å². The lowest BCUT2D eigenvalue weighted by molar-refractivity contribution is 0.759. The van der Waals surface area contributed by atoms with Gasteiger partial charge >= 0.3 is 0 Å². The Hall–Kier alpha value is -8.52. The molecule has 0 radical (unpaired) electrons. The molecule has 11 aromatic rings. The van der Waals surface area contributed by atoms with Crippen molar-refractivity contribution in [1.82, 2.24) is 0 Å². The maximum absolute atomic E-state index is 2.61. The number of fused-ring (bicyclic) bond motifs is 12. The van der Waals surface area contributed by atoms with E-state index in [1.54, 1.807) is 0 Å². The molecule has 1 nitrogen and oxygen atoms in total. The van der Waals surface area contributed by atoms with Crippen LogP contribution >= 0.6 is 0 Å². The second kappa shape index (κ2) is 15.3. The van der Waals surface area contributed by atoms with Crippen molar-refractivity contribution >= 4 is 27.8 Å². The van der Waals surface area contributed by atoms with Crippen molar-refractivity contribution in [2.24, 2.45) is 0 Å². The Bertz CT molecular complexity index is 3790. The molecule has 3 aliphatic rings. The molecular weight excluding hydrogens is 831 g/mol. The Kier molecular flexibility index (Phi) is 8.76. The smallest absolute Gasteiger partial charge is 0.0734 e. The molecule has 3 aliphatic carbocycles. The van der Waals surface area contributed by atoms with Gasteiger partial charge in [0.15, 0.2) is 0 Å².